The molecule has 0 saturated heterocycles. The van der Waals surface area contributed by atoms with E-state index in [2.05, 4.69) is 0 Å². The monoisotopic (exact) mass is 412 g/mol. The van der Waals surface area contributed by atoms with Gasteiger partial charge in [-0.15, -0.1) is 0 Å². The van der Waals surface area contributed by atoms with Crippen molar-refractivity contribution in [2.45, 2.75) is 12.4 Å². The van der Waals surface area contributed by atoms with Gasteiger partial charge in [0.1, 0.15) is 5.56 Å². The van der Waals surface area contributed by atoms with Crippen molar-refractivity contribution in [2.75, 3.05) is 5.32 Å². The van der Waals surface area contributed by atoms with Gasteiger partial charge in [0, 0.05) is 17.3 Å². The van der Waals surface area contributed by atoms with Crippen LogP contribution in [0.5, 0.6) is 0 Å². The molecule has 2 aromatic rings. The Hall–Kier alpha value is -2.82. The number of nitro benzene ring substituents is 1. The number of hydrogen-bond acceptors (Lipinski definition) is 3. The van der Waals surface area contributed by atoms with E-state index in [0.717, 1.165) is 18.2 Å². The summed E-state index contributed by atoms with van der Waals surface area (Å²) in [6.07, 6.45) is -9.92. The summed E-state index contributed by atoms with van der Waals surface area (Å²) in [6.45, 7) is 0. The first-order valence-corrected chi connectivity index (χ1v) is 7.22. The second-order valence-electron chi connectivity index (χ2n) is 5.13. The lowest BCUT2D eigenvalue weighted by Crippen LogP contribution is -2.16. The SMILES string of the molecule is O=C(Nc1ccc(Cl)c(C(F)(F)F)c1)c1ccc([N+](=O)[O-])c(C(F)(F)F)c1. The minimum absolute atomic E-state index is 0.244. The molecule has 0 unspecified atom stereocenters. The molecule has 0 radical (unpaired) electrons. The Morgan fingerprint density at radius 1 is 0.963 bits per heavy atom. The number of anilines is 1. The summed E-state index contributed by atoms with van der Waals surface area (Å²) in [6, 6.07) is 3.87. The molecule has 144 valence electrons. The third-order valence-electron chi connectivity index (χ3n) is 3.29. The number of amides is 1. The fourth-order valence-electron chi connectivity index (χ4n) is 2.09. The third kappa shape index (κ3) is 4.67. The standard InChI is InChI=1S/C15H7ClF6N2O3/c16-11-3-2-8(6-9(11)14(17,18)19)23-13(25)7-1-4-12(24(26)27)10(5-7)15(20,21)22/h1-6H,(H,23,25). The fraction of sp³-hybridized carbons (Fsp3) is 0.133. The average Bonchev–Trinajstić information content (AvgIpc) is 2.54. The van der Waals surface area contributed by atoms with Gasteiger partial charge in [-0.2, -0.15) is 26.3 Å². The number of alkyl halides is 6. The fourth-order valence-corrected chi connectivity index (χ4v) is 2.31. The molecule has 27 heavy (non-hydrogen) atoms. The van der Waals surface area contributed by atoms with Crippen LogP contribution < -0.4 is 5.32 Å². The van der Waals surface area contributed by atoms with Gasteiger partial charge >= 0.3 is 12.4 Å². The van der Waals surface area contributed by atoms with Crippen molar-refractivity contribution in [2.24, 2.45) is 0 Å². The van der Waals surface area contributed by atoms with Gasteiger partial charge in [0.25, 0.3) is 11.6 Å². The molecule has 1 amide bonds. The summed E-state index contributed by atoms with van der Waals surface area (Å²) in [5.74, 6) is -1.19. The Morgan fingerprint density at radius 2 is 1.56 bits per heavy atom. The molecule has 0 atom stereocenters. The van der Waals surface area contributed by atoms with E-state index in [1.54, 1.807) is 0 Å². The summed E-state index contributed by atoms with van der Waals surface area (Å²) in [4.78, 5) is 21.5. The van der Waals surface area contributed by atoms with Crippen molar-refractivity contribution >= 4 is 28.9 Å². The first-order chi connectivity index (χ1) is 12.3. The summed E-state index contributed by atoms with van der Waals surface area (Å²) in [5, 5.41) is 12.1. The highest BCUT2D eigenvalue weighted by Gasteiger charge is 2.39. The zero-order chi connectivity index (χ0) is 20.6. The molecule has 5 nitrogen and oxygen atoms in total. The van der Waals surface area contributed by atoms with Gasteiger partial charge in [0.2, 0.25) is 0 Å². The lowest BCUT2D eigenvalue weighted by atomic mass is 10.1. The Balaban J connectivity index is 2.38. The third-order valence-corrected chi connectivity index (χ3v) is 3.62. The Morgan fingerprint density at radius 3 is 2.07 bits per heavy atom. The van der Waals surface area contributed by atoms with Crippen molar-refractivity contribution in [1.29, 1.82) is 0 Å². The number of rotatable bonds is 3. The molecule has 0 aromatic heterocycles. The lowest BCUT2D eigenvalue weighted by Gasteiger charge is -2.13. The molecular weight excluding hydrogens is 406 g/mol. The molecule has 0 spiro atoms. The van der Waals surface area contributed by atoms with Crippen molar-refractivity contribution in [3.63, 3.8) is 0 Å². The molecule has 0 heterocycles. The number of nitrogens with zero attached hydrogens (tertiary/aromatic N) is 1. The first-order valence-electron chi connectivity index (χ1n) is 6.84. The largest absolute Gasteiger partial charge is 0.423 e. The van der Waals surface area contributed by atoms with E-state index < -0.39 is 50.6 Å². The predicted molar refractivity (Wildman–Crippen MR) is 82.5 cm³/mol. The molecule has 0 bridgehead atoms. The first kappa shape index (κ1) is 20.5. The number of nitro groups is 1. The normalized spacial score (nSPS) is 12.0. The maximum Gasteiger partial charge on any atom is 0.423 e. The average molecular weight is 413 g/mol. The van der Waals surface area contributed by atoms with Crippen LogP contribution >= 0.6 is 11.6 Å². The second kappa shape index (κ2) is 7.06. The van der Waals surface area contributed by atoms with E-state index in [4.69, 9.17) is 11.6 Å². The van der Waals surface area contributed by atoms with E-state index in [1.807, 2.05) is 5.32 Å². The minimum atomic E-state index is -5.11. The Bertz CT molecular complexity index is 911. The number of carbonyl (C=O) groups is 1. The van der Waals surface area contributed by atoms with Gasteiger partial charge in [0.05, 0.1) is 15.5 Å². The van der Waals surface area contributed by atoms with Crippen LogP contribution in [0.2, 0.25) is 5.02 Å². The number of nitrogens with one attached hydrogen (secondary N) is 1. The maximum absolute atomic E-state index is 12.9. The quantitative estimate of drug-likeness (QED) is 0.409. The molecule has 0 fully saturated rings. The van der Waals surface area contributed by atoms with Gasteiger partial charge in [-0.05, 0) is 30.3 Å². The van der Waals surface area contributed by atoms with Crippen molar-refractivity contribution in [3.05, 3.63) is 68.2 Å². The highest BCUT2D eigenvalue weighted by molar-refractivity contribution is 6.31. The van der Waals surface area contributed by atoms with Crippen LogP contribution in [0.4, 0.5) is 37.7 Å². The zero-order valence-corrected chi connectivity index (χ0v) is 13.5. The van der Waals surface area contributed by atoms with Crippen LogP contribution in [0, 0.1) is 10.1 Å². The van der Waals surface area contributed by atoms with Crippen molar-refractivity contribution < 1.29 is 36.1 Å². The Kier molecular flexibility index (Phi) is 5.36. The van der Waals surface area contributed by atoms with E-state index in [0.29, 0.717) is 12.1 Å². The molecular formula is C15H7ClF6N2O3. The van der Waals surface area contributed by atoms with Crippen LogP contribution in [0.25, 0.3) is 0 Å². The summed E-state index contributed by atoms with van der Waals surface area (Å²) in [7, 11) is 0. The number of carbonyl (C=O) groups excluding carboxylic acids is 1. The topological polar surface area (TPSA) is 72.2 Å². The van der Waals surface area contributed by atoms with E-state index in [1.165, 1.54) is 0 Å². The summed E-state index contributed by atoms with van der Waals surface area (Å²) in [5.41, 5.74) is -5.17. The summed E-state index contributed by atoms with van der Waals surface area (Å²) < 4.78 is 77.2. The van der Waals surface area contributed by atoms with Gasteiger partial charge in [-0.3, -0.25) is 14.9 Å². The van der Waals surface area contributed by atoms with Crippen LogP contribution in [-0.4, -0.2) is 10.8 Å². The highest BCUT2D eigenvalue weighted by atomic mass is 35.5. The smallest absolute Gasteiger partial charge is 0.322 e. The lowest BCUT2D eigenvalue weighted by molar-refractivity contribution is -0.388. The van der Waals surface area contributed by atoms with Gasteiger partial charge in [-0.25, -0.2) is 0 Å². The zero-order valence-electron chi connectivity index (χ0n) is 12.8. The number of benzene rings is 2. The molecule has 2 rings (SSSR count). The van der Waals surface area contributed by atoms with Crippen LogP contribution in [0.15, 0.2) is 36.4 Å². The minimum Gasteiger partial charge on any atom is -0.322 e. The molecule has 0 aliphatic heterocycles. The molecule has 12 heteroatoms. The predicted octanol–water partition coefficient (Wildman–Crippen LogP) is 5.54. The second-order valence-corrected chi connectivity index (χ2v) is 5.54. The molecule has 1 N–H and O–H groups in total. The van der Waals surface area contributed by atoms with E-state index >= 15 is 0 Å². The van der Waals surface area contributed by atoms with Crippen molar-refractivity contribution in [1.82, 2.24) is 0 Å². The van der Waals surface area contributed by atoms with Gasteiger partial charge in [-0.1, -0.05) is 11.6 Å². The van der Waals surface area contributed by atoms with Crippen LogP contribution in [0.3, 0.4) is 0 Å². The molecule has 0 aliphatic carbocycles. The van der Waals surface area contributed by atoms with Crippen LogP contribution in [-0.2, 0) is 12.4 Å². The van der Waals surface area contributed by atoms with Gasteiger partial charge in [0.15, 0.2) is 0 Å². The molecule has 2 aromatic carbocycles. The van der Waals surface area contributed by atoms with Crippen molar-refractivity contribution in [3.8, 4) is 0 Å². The molecule has 0 aliphatic rings. The number of halogens is 7. The highest BCUT2D eigenvalue weighted by Crippen LogP contribution is 2.38. The van der Waals surface area contributed by atoms with E-state index in [-0.39, 0.29) is 11.8 Å². The van der Waals surface area contributed by atoms with Crippen LogP contribution in [0.1, 0.15) is 21.5 Å². The Labute approximate surface area is 151 Å². The maximum atomic E-state index is 12.9. The molecule has 0 saturated carbocycles. The summed E-state index contributed by atoms with van der Waals surface area (Å²) >= 11 is 5.43. The van der Waals surface area contributed by atoms with Gasteiger partial charge < -0.3 is 5.32 Å². The van der Waals surface area contributed by atoms with E-state index in [9.17, 15) is 41.3 Å². The number of hydrogen-bond donors (Lipinski definition) is 1.